The molecule has 148 valence electrons. The van der Waals surface area contributed by atoms with Crippen LogP contribution in [0.25, 0.3) is 15.8 Å². The zero-order valence-electron chi connectivity index (χ0n) is 15.5. The Morgan fingerprint density at radius 3 is 2.72 bits per heavy atom. The third kappa shape index (κ3) is 3.72. The highest BCUT2D eigenvalue weighted by atomic mass is 32.1. The van der Waals surface area contributed by atoms with Gasteiger partial charge in [-0.25, -0.2) is 4.98 Å². The van der Waals surface area contributed by atoms with Gasteiger partial charge in [0.2, 0.25) is 0 Å². The fraction of sp³-hybridized carbons (Fsp3) is 0.150. The van der Waals surface area contributed by atoms with Crippen molar-refractivity contribution in [2.45, 2.75) is 0 Å². The van der Waals surface area contributed by atoms with Crippen molar-refractivity contribution in [1.82, 2.24) is 15.4 Å². The smallest absolute Gasteiger partial charge is 0.276 e. The molecule has 0 fully saturated rings. The topological polar surface area (TPSA) is 108 Å². The van der Waals surface area contributed by atoms with Crippen LogP contribution in [0, 0.1) is 5.41 Å². The molecule has 8 nitrogen and oxygen atoms in total. The van der Waals surface area contributed by atoms with E-state index in [1.807, 2.05) is 24.3 Å². The number of rotatable bonds is 6. The van der Waals surface area contributed by atoms with Crippen LogP contribution >= 0.6 is 11.3 Å². The minimum Gasteiger partial charge on any atom is -0.509 e. The lowest BCUT2D eigenvalue weighted by Gasteiger charge is -2.19. The summed E-state index contributed by atoms with van der Waals surface area (Å²) in [5.41, 5.74) is 3.70. The van der Waals surface area contributed by atoms with Gasteiger partial charge in [0.25, 0.3) is 5.91 Å². The van der Waals surface area contributed by atoms with Crippen LogP contribution in [0.2, 0.25) is 0 Å². The number of aliphatic hydroxyl groups is 1. The molecule has 1 aliphatic heterocycles. The minimum absolute atomic E-state index is 0.00943. The van der Waals surface area contributed by atoms with Gasteiger partial charge in [0.05, 0.1) is 29.4 Å². The predicted molar refractivity (Wildman–Crippen MR) is 110 cm³/mol. The molecule has 2 heterocycles. The van der Waals surface area contributed by atoms with Crippen LogP contribution in [-0.4, -0.2) is 47.1 Å². The van der Waals surface area contributed by atoms with Crippen molar-refractivity contribution in [2.75, 3.05) is 20.3 Å². The monoisotopic (exact) mass is 410 g/mol. The molecule has 2 aromatic carbocycles. The molecule has 0 saturated carbocycles. The Morgan fingerprint density at radius 1 is 1.24 bits per heavy atom. The quantitative estimate of drug-likeness (QED) is 0.577. The van der Waals surface area contributed by atoms with E-state index in [2.05, 4.69) is 10.4 Å². The van der Waals surface area contributed by atoms with E-state index in [-0.39, 0.29) is 24.7 Å². The van der Waals surface area contributed by atoms with Crippen LogP contribution in [0.4, 0.5) is 0 Å². The summed E-state index contributed by atoms with van der Waals surface area (Å²) in [6.07, 6.45) is 0. The first-order chi connectivity index (χ1) is 14.1. The number of nitrogens with one attached hydrogen (secondary N) is 2. The number of thiazole rings is 1. The SMILES string of the molecule is COc1ccccc1OCC(=O)NN1CC(O)=C(c2nc3ccccc3s2)C1=N. The van der Waals surface area contributed by atoms with E-state index in [1.165, 1.54) is 23.5 Å². The van der Waals surface area contributed by atoms with Crippen LogP contribution in [0.3, 0.4) is 0 Å². The minimum atomic E-state index is -0.459. The molecule has 1 aliphatic rings. The molecule has 9 heteroatoms. The van der Waals surface area contributed by atoms with Gasteiger partial charge in [-0.15, -0.1) is 11.3 Å². The number of amides is 1. The number of methoxy groups -OCH3 is 1. The van der Waals surface area contributed by atoms with Gasteiger partial charge < -0.3 is 14.6 Å². The Balaban J connectivity index is 1.42. The molecule has 0 radical (unpaired) electrons. The molecule has 4 rings (SSSR count). The zero-order chi connectivity index (χ0) is 20.4. The maximum absolute atomic E-state index is 12.3. The first kappa shape index (κ1) is 18.8. The number of aliphatic hydroxyl groups excluding tert-OH is 1. The third-order valence-corrected chi connectivity index (χ3v) is 5.35. The van der Waals surface area contributed by atoms with Crippen molar-refractivity contribution in [3.63, 3.8) is 0 Å². The summed E-state index contributed by atoms with van der Waals surface area (Å²) in [5.74, 6) is 0.468. The Morgan fingerprint density at radius 2 is 1.97 bits per heavy atom. The van der Waals surface area contributed by atoms with Crippen LogP contribution in [-0.2, 0) is 4.79 Å². The number of para-hydroxylation sites is 3. The Labute approximate surface area is 170 Å². The van der Waals surface area contributed by atoms with E-state index in [9.17, 15) is 9.90 Å². The van der Waals surface area contributed by atoms with E-state index >= 15 is 0 Å². The van der Waals surface area contributed by atoms with Gasteiger partial charge in [-0.2, -0.15) is 0 Å². The lowest BCUT2D eigenvalue weighted by atomic mass is 10.2. The van der Waals surface area contributed by atoms with E-state index < -0.39 is 5.91 Å². The molecule has 0 saturated heterocycles. The zero-order valence-corrected chi connectivity index (χ0v) is 16.3. The van der Waals surface area contributed by atoms with Crippen LogP contribution in [0.1, 0.15) is 5.01 Å². The van der Waals surface area contributed by atoms with E-state index in [0.717, 1.165) is 10.2 Å². The fourth-order valence-corrected chi connectivity index (χ4v) is 3.98. The number of fused-ring (bicyclic) bond motifs is 1. The number of nitrogens with zero attached hydrogens (tertiary/aromatic N) is 2. The number of hydrogen-bond donors (Lipinski definition) is 3. The summed E-state index contributed by atoms with van der Waals surface area (Å²) in [4.78, 5) is 16.8. The molecule has 29 heavy (non-hydrogen) atoms. The summed E-state index contributed by atoms with van der Waals surface area (Å²) >= 11 is 1.39. The molecule has 3 aromatic rings. The van der Waals surface area contributed by atoms with Crippen molar-refractivity contribution in [2.24, 2.45) is 0 Å². The number of amidine groups is 1. The molecular formula is C20H18N4O4S. The van der Waals surface area contributed by atoms with Crippen molar-refractivity contribution < 1.29 is 19.4 Å². The molecule has 0 spiro atoms. The highest BCUT2D eigenvalue weighted by molar-refractivity contribution is 7.19. The first-order valence-electron chi connectivity index (χ1n) is 8.76. The highest BCUT2D eigenvalue weighted by Gasteiger charge is 2.31. The standard InChI is InChI=1S/C20H18N4O4S/c1-27-14-7-3-4-8-15(14)28-11-17(26)23-24-10-13(25)18(19(24)21)20-22-12-6-2-5-9-16(12)29-20/h2-9,21,25H,10-11H2,1H3,(H,23,26). The molecule has 3 N–H and O–H groups in total. The lowest BCUT2D eigenvalue weighted by Crippen LogP contribution is -2.45. The van der Waals surface area contributed by atoms with Gasteiger partial charge in [-0.3, -0.25) is 20.6 Å². The Hall–Kier alpha value is -3.59. The van der Waals surface area contributed by atoms with Crippen LogP contribution in [0.15, 0.2) is 54.3 Å². The number of hydrogen-bond acceptors (Lipinski definition) is 7. The average molecular weight is 410 g/mol. The number of hydrazine groups is 1. The van der Waals surface area contributed by atoms with E-state index in [0.29, 0.717) is 22.1 Å². The summed E-state index contributed by atoms with van der Waals surface area (Å²) in [5, 5.41) is 20.5. The predicted octanol–water partition coefficient (Wildman–Crippen LogP) is 2.98. The highest BCUT2D eigenvalue weighted by Crippen LogP contribution is 2.32. The average Bonchev–Trinajstić information content (AvgIpc) is 3.26. The molecule has 1 amide bonds. The van der Waals surface area contributed by atoms with Gasteiger partial charge in [0, 0.05) is 0 Å². The second kappa shape index (κ2) is 7.80. The molecule has 0 unspecified atom stereocenters. The van der Waals surface area contributed by atoms with Crippen molar-refractivity contribution in [1.29, 1.82) is 5.41 Å². The third-order valence-electron chi connectivity index (χ3n) is 4.30. The van der Waals surface area contributed by atoms with Crippen molar-refractivity contribution >= 4 is 38.9 Å². The van der Waals surface area contributed by atoms with E-state index in [1.54, 1.807) is 24.3 Å². The first-order valence-corrected chi connectivity index (χ1v) is 9.58. The fourth-order valence-electron chi connectivity index (χ4n) is 2.94. The van der Waals surface area contributed by atoms with Gasteiger partial charge >= 0.3 is 0 Å². The maximum atomic E-state index is 12.3. The lowest BCUT2D eigenvalue weighted by molar-refractivity contribution is -0.126. The van der Waals surface area contributed by atoms with Gasteiger partial charge in [-0.1, -0.05) is 24.3 Å². The van der Waals surface area contributed by atoms with Crippen molar-refractivity contribution in [3.05, 3.63) is 59.3 Å². The maximum Gasteiger partial charge on any atom is 0.276 e. The van der Waals surface area contributed by atoms with Gasteiger partial charge in [-0.05, 0) is 24.3 Å². The molecule has 0 aliphatic carbocycles. The Kier molecular flexibility index (Phi) is 5.05. The second-order valence-electron chi connectivity index (χ2n) is 6.22. The number of aromatic nitrogens is 1. The summed E-state index contributed by atoms with van der Waals surface area (Å²) in [7, 11) is 1.52. The Bertz CT molecular complexity index is 1090. The second-order valence-corrected chi connectivity index (χ2v) is 7.25. The largest absolute Gasteiger partial charge is 0.509 e. The van der Waals surface area contributed by atoms with Crippen molar-refractivity contribution in [3.8, 4) is 11.5 Å². The molecule has 0 bridgehead atoms. The van der Waals surface area contributed by atoms with Gasteiger partial charge in [0.15, 0.2) is 23.9 Å². The number of carbonyl (C=O) groups is 1. The van der Waals surface area contributed by atoms with E-state index in [4.69, 9.17) is 14.9 Å². The number of benzene rings is 2. The van der Waals surface area contributed by atoms with Crippen LogP contribution < -0.4 is 14.9 Å². The number of ether oxygens (including phenoxy) is 2. The molecule has 1 aromatic heterocycles. The summed E-state index contributed by atoms with van der Waals surface area (Å²) < 4.78 is 11.6. The summed E-state index contributed by atoms with van der Waals surface area (Å²) in [6.45, 7) is -0.272. The molecule has 0 atom stereocenters. The van der Waals surface area contributed by atoms with Crippen LogP contribution in [0.5, 0.6) is 11.5 Å². The normalized spacial score (nSPS) is 13.8. The van der Waals surface area contributed by atoms with Gasteiger partial charge in [0.1, 0.15) is 10.8 Å². The molecular weight excluding hydrogens is 392 g/mol. The number of carbonyl (C=O) groups excluding carboxylic acids is 1. The summed E-state index contributed by atoms with van der Waals surface area (Å²) in [6, 6.07) is 14.6.